The van der Waals surface area contributed by atoms with Gasteiger partial charge in [0.25, 0.3) is 0 Å². The molecule has 2 heterocycles. The fraction of sp³-hybridized carbons (Fsp3) is 0.333. The van der Waals surface area contributed by atoms with Gasteiger partial charge in [0.1, 0.15) is 5.82 Å². The van der Waals surface area contributed by atoms with Crippen molar-refractivity contribution in [2.45, 2.75) is 6.54 Å². The van der Waals surface area contributed by atoms with E-state index in [1.165, 1.54) is 5.56 Å². The molecule has 0 N–H and O–H groups in total. The third-order valence-corrected chi connectivity index (χ3v) is 3.49. The predicted molar refractivity (Wildman–Crippen MR) is 76.0 cm³/mol. The van der Waals surface area contributed by atoms with Gasteiger partial charge in [-0.25, -0.2) is 4.98 Å². The fourth-order valence-electron chi connectivity index (χ4n) is 2.43. The van der Waals surface area contributed by atoms with Gasteiger partial charge in [-0.05, 0) is 5.56 Å². The lowest BCUT2D eigenvalue weighted by Crippen LogP contribution is -2.46. The summed E-state index contributed by atoms with van der Waals surface area (Å²) in [6.07, 6.45) is 5.31. The minimum atomic E-state index is 0.988. The molecule has 0 spiro atoms. The highest BCUT2D eigenvalue weighted by molar-refractivity contribution is 5.35. The maximum atomic E-state index is 4.36. The highest BCUT2D eigenvalue weighted by atomic mass is 15.3. The fourth-order valence-corrected chi connectivity index (χ4v) is 2.43. The summed E-state index contributed by atoms with van der Waals surface area (Å²) >= 11 is 0. The molecule has 3 rings (SSSR count). The first kappa shape index (κ1) is 12.1. The Labute approximate surface area is 113 Å². The third-order valence-electron chi connectivity index (χ3n) is 3.49. The lowest BCUT2D eigenvalue weighted by atomic mass is 10.2. The van der Waals surface area contributed by atoms with E-state index >= 15 is 0 Å². The van der Waals surface area contributed by atoms with E-state index in [9.17, 15) is 0 Å². The molecule has 0 unspecified atom stereocenters. The normalized spacial score (nSPS) is 16.5. The van der Waals surface area contributed by atoms with Crippen molar-refractivity contribution in [2.24, 2.45) is 0 Å². The van der Waals surface area contributed by atoms with Crippen LogP contribution in [0.1, 0.15) is 5.56 Å². The summed E-state index contributed by atoms with van der Waals surface area (Å²) in [4.78, 5) is 13.3. The largest absolute Gasteiger partial charge is 0.353 e. The van der Waals surface area contributed by atoms with Crippen LogP contribution in [0.2, 0.25) is 0 Å². The van der Waals surface area contributed by atoms with Gasteiger partial charge < -0.3 is 4.90 Å². The molecule has 1 aliphatic rings. The lowest BCUT2D eigenvalue weighted by molar-refractivity contribution is 0.249. The zero-order valence-electron chi connectivity index (χ0n) is 10.9. The van der Waals surface area contributed by atoms with Crippen LogP contribution in [-0.2, 0) is 6.54 Å². The van der Waals surface area contributed by atoms with E-state index in [2.05, 4.69) is 50.1 Å². The number of rotatable bonds is 3. The predicted octanol–water partition coefficient (Wildman–Crippen LogP) is 1.80. The van der Waals surface area contributed by atoms with Crippen LogP contribution in [0.3, 0.4) is 0 Å². The topological polar surface area (TPSA) is 32.3 Å². The first-order valence-corrected chi connectivity index (χ1v) is 6.69. The van der Waals surface area contributed by atoms with Gasteiger partial charge in [0.05, 0.1) is 6.20 Å². The molecule has 1 saturated heterocycles. The van der Waals surface area contributed by atoms with Crippen LogP contribution < -0.4 is 4.90 Å². The van der Waals surface area contributed by atoms with E-state index in [-0.39, 0.29) is 0 Å². The van der Waals surface area contributed by atoms with Crippen LogP contribution in [0.15, 0.2) is 48.9 Å². The summed E-state index contributed by atoms with van der Waals surface area (Å²) in [5.41, 5.74) is 1.38. The number of hydrogen-bond donors (Lipinski definition) is 0. The average Bonchev–Trinajstić information content (AvgIpc) is 2.50. The van der Waals surface area contributed by atoms with E-state index in [1.54, 1.807) is 12.4 Å². The molecule has 4 nitrogen and oxygen atoms in total. The summed E-state index contributed by atoms with van der Waals surface area (Å²) in [6, 6.07) is 10.6. The molecule has 1 aromatic heterocycles. The highest BCUT2D eigenvalue weighted by Gasteiger charge is 2.17. The SMILES string of the molecule is c1ccc(CN2CCN(c3cnccn3)CC2)cc1. The Morgan fingerprint density at radius 2 is 1.74 bits per heavy atom. The van der Waals surface area contributed by atoms with E-state index in [4.69, 9.17) is 0 Å². The Morgan fingerprint density at radius 3 is 2.42 bits per heavy atom. The average molecular weight is 254 g/mol. The molecular formula is C15H18N4. The van der Waals surface area contributed by atoms with Crippen LogP contribution in [0.25, 0.3) is 0 Å². The number of hydrogen-bond acceptors (Lipinski definition) is 4. The minimum Gasteiger partial charge on any atom is -0.353 e. The summed E-state index contributed by atoms with van der Waals surface area (Å²) in [5, 5.41) is 0. The minimum absolute atomic E-state index is 0.988. The van der Waals surface area contributed by atoms with Crippen molar-refractivity contribution in [3.05, 3.63) is 54.5 Å². The van der Waals surface area contributed by atoms with Crippen LogP contribution in [0, 0.1) is 0 Å². The number of anilines is 1. The van der Waals surface area contributed by atoms with Crippen LogP contribution in [0.4, 0.5) is 5.82 Å². The van der Waals surface area contributed by atoms with Gasteiger partial charge in [0.15, 0.2) is 0 Å². The quantitative estimate of drug-likeness (QED) is 0.836. The van der Waals surface area contributed by atoms with E-state index in [0.29, 0.717) is 0 Å². The highest BCUT2D eigenvalue weighted by Crippen LogP contribution is 2.13. The number of aromatic nitrogens is 2. The van der Waals surface area contributed by atoms with Gasteiger partial charge in [-0.3, -0.25) is 9.88 Å². The van der Waals surface area contributed by atoms with Gasteiger partial charge in [-0.15, -0.1) is 0 Å². The van der Waals surface area contributed by atoms with Crippen molar-refractivity contribution in [3.63, 3.8) is 0 Å². The van der Waals surface area contributed by atoms with Gasteiger partial charge in [-0.2, -0.15) is 0 Å². The summed E-state index contributed by atoms with van der Waals surface area (Å²) in [5.74, 6) is 0.988. The van der Waals surface area contributed by atoms with Gasteiger partial charge in [-0.1, -0.05) is 30.3 Å². The van der Waals surface area contributed by atoms with Gasteiger partial charge in [0, 0.05) is 45.1 Å². The third kappa shape index (κ3) is 3.09. The first-order chi connectivity index (χ1) is 9.42. The zero-order valence-corrected chi connectivity index (χ0v) is 10.9. The van der Waals surface area contributed by atoms with Crippen molar-refractivity contribution >= 4 is 5.82 Å². The second-order valence-corrected chi connectivity index (χ2v) is 4.81. The molecule has 2 aromatic rings. The smallest absolute Gasteiger partial charge is 0.147 e. The molecule has 1 fully saturated rings. The van der Waals surface area contributed by atoms with E-state index < -0.39 is 0 Å². The molecule has 0 amide bonds. The second kappa shape index (κ2) is 5.80. The molecule has 0 aliphatic carbocycles. The maximum absolute atomic E-state index is 4.36. The standard InChI is InChI=1S/C15H18N4/c1-2-4-14(5-3-1)13-18-8-10-19(11-9-18)15-12-16-6-7-17-15/h1-7,12H,8-11,13H2. The van der Waals surface area contributed by atoms with Crippen molar-refractivity contribution in [3.8, 4) is 0 Å². The monoisotopic (exact) mass is 254 g/mol. The Kier molecular flexibility index (Phi) is 3.70. The molecule has 19 heavy (non-hydrogen) atoms. The summed E-state index contributed by atoms with van der Waals surface area (Å²) in [6.45, 7) is 5.23. The van der Waals surface area contributed by atoms with Crippen molar-refractivity contribution in [1.29, 1.82) is 0 Å². The first-order valence-electron chi connectivity index (χ1n) is 6.69. The molecule has 1 aromatic carbocycles. The molecule has 0 atom stereocenters. The van der Waals surface area contributed by atoms with Gasteiger partial charge >= 0.3 is 0 Å². The van der Waals surface area contributed by atoms with Crippen molar-refractivity contribution in [1.82, 2.24) is 14.9 Å². The Hall–Kier alpha value is -1.94. The van der Waals surface area contributed by atoms with Crippen LogP contribution in [-0.4, -0.2) is 41.0 Å². The second-order valence-electron chi connectivity index (χ2n) is 4.81. The Morgan fingerprint density at radius 1 is 0.947 bits per heavy atom. The number of benzene rings is 1. The summed E-state index contributed by atoms with van der Waals surface area (Å²) in [7, 11) is 0. The van der Waals surface area contributed by atoms with Crippen LogP contribution in [0.5, 0.6) is 0 Å². The molecular weight excluding hydrogens is 236 g/mol. The Bertz CT molecular complexity index is 492. The molecule has 4 heteroatoms. The maximum Gasteiger partial charge on any atom is 0.147 e. The van der Waals surface area contributed by atoms with Gasteiger partial charge in [0.2, 0.25) is 0 Å². The lowest BCUT2D eigenvalue weighted by Gasteiger charge is -2.35. The number of nitrogens with zero attached hydrogens (tertiary/aromatic N) is 4. The number of piperazine rings is 1. The molecule has 1 aliphatic heterocycles. The van der Waals surface area contributed by atoms with Crippen molar-refractivity contribution < 1.29 is 0 Å². The van der Waals surface area contributed by atoms with Crippen LogP contribution >= 0.6 is 0 Å². The molecule has 0 saturated carbocycles. The zero-order chi connectivity index (χ0) is 12.9. The Balaban J connectivity index is 1.55. The van der Waals surface area contributed by atoms with E-state index in [1.807, 2.05) is 6.20 Å². The molecule has 0 radical (unpaired) electrons. The van der Waals surface area contributed by atoms with E-state index in [0.717, 1.165) is 38.5 Å². The van der Waals surface area contributed by atoms with Crippen molar-refractivity contribution in [2.75, 3.05) is 31.1 Å². The summed E-state index contributed by atoms with van der Waals surface area (Å²) < 4.78 is 0. The molecule has 98 valence electrons. The molecule has 0 bridgehead atoms.